The molecule has 2 rings (SSSR count). The molecule has 0 spiro atoms. The quantitative estimate of drug-likeness (QED) is 0.435. The number of aryl methyl sites for hydroxylation is 2. The van der Waals surface area contributed by atoms with Crippen molar-refractivity contribution in [3.63, 3.8) is 0 Å². The van der Waals surface area contributed by atoms with Crippen molar-refractivity contribution in [3.8, 4) is 0 Å². The summed E-state index contributed by atoms with van der Waals surface area (Å²) in [6.45, 7) is 6.00. The van der Waals surface area contributed by atoms with Crippen LogP contribution in [0.15, 0.2) is 34.6 Å². The monoisotopic (exact) mass is 348 g/mol. The van der Waals surface area contributed by atoms with Gasteiger partial charge in [0.05, 0.1) is 11.6 Å². The van der Waals surface area contributed by atoms with Crippen LogP contribution < -0.4 is 10.6 Å². The van der Waals surface area contributed by atoms with Crippen molar-refractivity contribution < 1.29 is 4.39 Å². The molecule has 0 radical (unpaired) electrons. The van der Waals surface area contributed by atoms with Crippen LogP contribution in [0, 0.1) is 12.7 Å². The standard InChI is InChI=1S/C18H25FN4S/c1-3-20-18(22-12-15-8-4-5-9-16(15)19)21-11-7-6-10-17-23-14(2)13-24-17/h4-5,8-9,13H,3,6-7,10-12H2,1-2H3,(H2,20,21,22). The van der Waals surface area contributed by atoms with E-state index in [0.29, 0.717) is 12.1 Å². The first-order valence-electron chi connectivity index (χ1n) is 8.35. The summed E-state index contributed by atoms with van der Waals surface area (Å²) in [5, 5.41) is 9.78. The summed E-state index contributed by atoms with van der Waals surface area (Å²) in [4.78, 5) is 8.92. The number of guanidine groups is 1. The van der Waals surface area contributed by atoms with E-state index >= 15 is 0 Å². The SMILES string of the molecule is CCNC(=NCc1ccccc1F)NCCCCc1nc(C)cs1. The fourth-order valence-corrected chi connectivity index (χ4v) is 3.08. The first kappa shape index (κ1) is 18.4. The van der Waals surface area contributed by atoms with Gasteiger partial charge >= 0.3 is 0 Å². The van der Waals surface area contributed by atoms with Gasteiger partial charge in [0.2, 0.25) is 0 Å². The third-order valence-electron chi connectivity index (χ3n) is 3.49. The molecule has 0 bridgehead atoms. The van der Waals surface area contributed by atoms with Crippen LogP contribution >= 0.6 is 11.3 Å². The van der Waals surface area contributed by atoms with E-state index in [1.807, 2.05) is 19.9 Å². The minimum atomic E-state index is -0.212. The molecule has 2 aromatic rings. The largest absolute Gasteiger partial charge is 0.357 e. The Bertz CT molecular complexity index is 654. The number of thiazole rings is 1. The molecule has 0 aliphatic carbocycles. The van der Waals surface area contributed by atoms with E-state index in [-0.39, 0.29) is 5.82 Å². The zero-order valence-electron chi connectivity index (χ0n) is 14.3. The summed E-state index contributed by atoms with van der Waals surface area (Å²) in [7, 11) is 0. The zero-order valence-corrected chi connectivity index (χ0v) is 15.1. The summed E-state index contributed by atoms with van der Waals surface area (Å²) in [5.74, 6) is 0.515. The molecule has 0 aliphatic rings. The maximum absolute atomic E-state index is 13.6. The second-order valence-electron chi connectivity index (χ2n) is 5.55. The van der Waals surface area contributed by atoms with E-state index in [9.17, 15) is 4.39 Å². The number of aromatic nitrogens is 1. The molecule has 0 saturated heterocycles. The van der Waals surface area contributed by atoms with Gasteiger partial charge < -0.3 is 10.6 Å². The summed E-state index contributed by atoms with van der Waals surface area (Å²) in [5.41, 5.74) is 1.71. The molecule has 1 heterocycles. The van der Waals surface area contributed by atoms with Gasteiger partial charge in [-0.2, -0.15) is 0 Å². The highest BCUT2D eigenvalue weighted by Gasteiger charge is 2.02. The second-order valence-corrected chi connectivity index (χ2v) is 6.50. The number of rotatable bonds is 8. The van der Waals surface area contributed by atoms with E-state index < -0.39 is 0 Å². The molecule has 0 unspecified atom stereocenters. The van der Waals surface area contributed by atoms with Crippen LogP contribution in [0.5, 0.6) is 0 Å². The average Bonchev–Trinajstić information content (AvgIpc) is 2.99. The molecule has 0 fully saturated rings. The number of aliphatic imine (C=N–C) groups is 1. The van der Waals surface area contributed by atoms with Crippen molar-refractivity contribution in [2.24, 2.45) is 4.99 Å². The van der Waals surface area contributed by atoms with Crippen molar-refractivity contribution in [1.29, 1.82) is 0 Å². The van der Waals surface area contributed by atoms with Crippen molar-refractivity contribution in [3.05, 3.63) is 51.7 Å². The third kappa shape index (κ3) is 6.28. The highest BCUT2D eigenvalue weighted by molar-refractivity contribution is 7.09. The molecule has 4 nitrogen and oxygen atoms in total. The van der Waals surface area contributed by atoms with Gasteiger partial charge in [0, 0.05) is 29.7 Å². The van der Waals surface area contributed by atoms with Gasteiger partial charge in [-0.3, -0.25) is 0 Å². The Labute approximate surface area is 147 Å². The number of hydrogen-bond donors (Lipinski definition) is 2. The predicted molar refractivity (Wildman–Crippen MR) is 99.0 cm³/mol. The van der Waals surface area contributed by atoms with Gasteiger partial charge in [-0.25, -0.2) is 14.4 Å². The van der Waals surface area contributed by atoms with E-state index in [1.54, 1.807) is 23.5 Å². The summed E-state index contributed by atoms with van der Waals surface area (Å²) < 4.78 is 13.6. The van der Waals surface area contributed by atoms with Crippen molar-refractivity contribution >= 4 is 17.3 Å². The van der Waals surface area contributed by atoms with E-state index in [2.05, 4.69) is 26.0 Å². The number of nitrogens with zero attached hydrogens (tertiary/aromatic N) is 2. The van der Waals surface area contributed by atoms with Crippen LogP contribution in [-0.4, -0.2) is 24.0 Å². The molecule has 6 heteroatoms. The molecular formula is C18H25FN4S. The maximum Gasteiger partial charge on any atom is 0.191 e. The van der Waals surface area contributed by atoms with Gasteiger partial charge in [0.15, 0.2) is 5.96 Å². The third-order valence-corrected chi connectivity index (χ3v) is 4.51. The molecule has 1 aromatic heterocycles. The first-order chi connectivity index (χ1) is 11.7. The summed E-state index contributed by atoms with van der Waals surface area (Å²) >= 11 is 1.73. The lowest BCUT2D eigenvalue weighted by atomic mass is 10.2. The molecule has 1 aromatic carbocycles. The number of benzene rings is 1. The van der Waals surface area contributed by atoms with E-state index in [1.165, 1.54) is 11.1 Å². The van der Waals surface area contributed by atoms with E-state index in [0.717, 1.165) is 44.0 Å². The molecule has 0 amide bonds. The van der Waals surface area contributed by atoms with Crippen LogP contribution in [-0.2, 0) is 13.0 Å². The highest BCUT2D eigenvalue weighted by atomic mass is 32.1. The van der Waals surface area contributed by atoms with Crippen LogP contribution in [0.1, 0.15) is 36.0 Å². The minimum Gasteiger partial charge on any atom is -0.357 e. The van der Waals surface area contributed by atoms with Gasteiger partial charge in [-0.05, 0) is 39.2 Å². The van der Waals surface area contributed by atoms with Crippen LogP contribution in [0.2, 0.25) is 0 Å². The van der Waals surface area contributed by atoms with Crippen LogP contribution in [0.25, 0.3) is 0 Å². The number of hydrogen-bond acceptors (Lipinski definition) is 3. The Morgan fingerprint density at radius 3 is 2.79 bits per heavy atom. The smallest absolute Gasteiger partial charge is 0.191 e. The lowest BCUT2D eigenvalue weighted by molar-refractivity contribution is 0.610. The Morgan fingerprint density at radius 2 is 2.08 bits per heavy atom. The molecule has 0 saturated carbocycles. The molecule has 0 aliphatic heterocycles. The maximum atomic E-state index is 13.6. The zero-order chi connectivity index (χ0) is 17.2. The molecular weight excluding hydrogens is 323 g/mol. The summed E-state index contributed by atoms with van der Waals surface area (Å²) in [6, 6.07) is 6.74. The molecule has 0 atom stereocenters. The summed E-state index contributed by atoms with van der Waals surface area (Å²) in [6.07, 6.45) is 3.15. The number of halogens is 1. The molecule has 2 N–H and O–H groups in total. The van der Waals surface area contributed by atoms with Gasteiger partial charge in [-0.1, -0.05) is 18.2 Å². The van der Waals surface area contributed by atoms with E-state index in [4.69, 9.17) is 0 Å². The normalized spacial score (nSPS) is 11.5. The minimum absolute atomic E-state index is 0.212. The lowest BCUT2D eigenvalue weighted by Crippen LogP contribution is -2.37. The molecule has 130 valence electrons. The van der Waals surface area contributed by atoms with Gasteiger partial charge in [0.1, 0.15) is 5.82 Å². The van der Waals surface area contributed by atoms with Gasteiger partial charge in [0.25, 0.3) is 0 Å². The number of unbranched alkanes of at least 4 members (excludes halogenated alkanes) is 1. The van der Waals surface area contributed by atoms with Crippen LogP contribution in [0.3, 0.4) is 0 Å². The van der Waals surface area contributed by atoms with Crippen molar-refractivity contribution in [2.45, 2.75) is 39.7 Å². The average molecular weight is 348 g/mol. The lowest BCUT2D eigenvalue weighted by Gasteiger charge is -2.11. The fraction of sp³-hybridized carbons (Fsp3) is 0.444. The van der Waals surface area contributed by atoms with Crippen molar-refractivity contribution in [1.82, 2.24) is 15.6 Å². The Hall–Kier alpha value is -1.95. The van der Waals surface area contributed by atoms with Crippen molar-refractivity contribution in [2.75, 3.05) is 13.1 Å². The van der Waals surface area contributed by atoms with Crippen LogP contribution in [0.4, 0.5) is 4.39 Å². The van der Waals surface area contributed by atoms with Gasteiger partial charge in [-0.15, -0.1) is 11.3 Å². The first-order valence-corrected chi connectivity index (χ1v) is 9.23. The fourth-order valence-electron chi connectivity index (χ4n) is 2.26. The number of nitrogens with one attached hydrogen (secondary N) is 2. The second kappa shape index (κ2) is 10.0. The Morgan fingerprint density at radius 1 is 1.25 bits per heavy atom. The Kier molecular flexibility index (Phi) is 7.68. The Balaban J connectivity index is 1.74. The highest BCUT2D eigenvalue weighted by Crippen LogP contribution is 2.11. The predicted octanol–water partition coefficient (Wildman–Crippen LogP) is 3.67. The molecule has 24 heavy (non-hydrogen) atoms. The topological polar surface area (TPSA) is 49.3 Å².